The molecule has 0 aliphatic rings. The lowest BCUT2D eigenvalue weighted by Gasteiger charge is -2.26. The summed E-state index contributed by atoms with van der Waals surface area (Å²) >= 11 is 2.18. The molecule has 2 aromatic carbocycles. The first kappa shape index (κ1) is 19.0. The first-order valence-corrected chi connectivity index (χ1v) is 10.4. The van der Waals surface area contributed by atoms with Gasteiger partial charge in [0.05, 0.1) is 17.1 Å². The summed E-state index contributed by atoms with van der Waals surface area (Å²) in [7, 11) is -3.62. The van der Waals surface area contributed by atoms with Gasteiger partial charge in [0.2, 0.25) is 0 Å². The average molecular weight is 455 g/mol. The number of para-hydroxylation sites is 1. The van der Waals surface area contributed by atoms with Crippen LogP contribution in [0.1, 0.15) is 25.8 Å². The minimum atomic E-state index is -3.62. The maximum Gasteiger partial charge on any atom is 0.264 e. The lowest BCUT2D eigenvalue weighted by molar-refractivity contribution is 0.592. The number of sulfonamides is 1. The van der Waals surface area contributed by atoms with Crippen LogP contribution in [0.5, 0.6) is 0 Å². The molecule has 0 radical (unpaired) electrons. The fraction of sp³-hybridized carbons (Fsp3) is 0.263. The third-order valence-electron chi connectivity index (χ3n) is 3.68. The summed E-state index contributed by atoms with van der Waals surface area (Å²) in [5.74, 6) is 0. The summed E-state index contributed by atoms with van der Waals surface area (Å²) < 4.78 is 28.9. The van der Waals surface area contributed by atoms with E-state index >= 15 is 0 Å². The van der Waals surface area contributed by atoms with Gasteiger partial charge in [0.25, 0.3) is 10.0 Å². The monoisotopic (exact) mass is 455 g/mol. The van der Waals surface area contributed by atoms with Gasteiger partial charge in [0.15, 0.2) is 0 Å². The van der Waals surface area contributed by atoms with Gasteiger partial charge >= 0.3 is 0 Å². The van der Waals surface area contributed by atoms with E-state index in [-0.39, 0.29) is 0 Å². The summed E-state index contributed by atoms with van der Waals surface area (Å²) in [4.78, 5) is 0.317. The number of hydrogen-bond donors (Lipinski definition) is 0. The summed E-state index contributed by atoms with van der Waals surface area (Å²) in [5.41, 5.74) is 2.78. The molecule has 0 unspecified atom stereocenters. The molecule has 0 atom stereocenters. The van der Waals surface area contributed by atoms with Crippen LogP contribution in [0, 0.1) is 10.5 Å². The van der Waals surface area contributed by atoms with Gasteiger partial charge in [-0.25, -0.2) is 8.42 Å². The van der Waals surface area contributed by atoms with Gasteiger partial charge in [-0.1, -0.05) is 48.4 Å². The third kappa shape index (κ3) is 4.39. The van der Waals surface area contributed by atoms with Crippen LogP contribution < -0.4 is 4.31 Å². The molecule has 0 heterocycles. The third-order valence-corrected chi connectivity index (χ3v) is 6.36. The highest BCUT2D eigenvalue weighted by Crippen LogP contribution is 2.29. The molecule has 0 saturated carbocycles. The highest BCUT2D eigenvalue weighted by molar-refractivity contribution is 14.1. The minimum Gasteiger partial charge on any atom is -0.261 e. The molecule has 0 bridgehead atoms. The molecule has 0 spiro atoms. The van der Waals surface area contributed by atoms with Crippen LogP contribution in [0.25, 0.3) is 0 Å². The average Bonchev–Trinajstić information content (AvgIpc) is 2.54. The number of benzene rings is 2. The van der Waals surface area contributed by atoms with Crippen molar-refractivity contribution in [3.05, 3.63) is 69.3 Å². The van der Waals surface area contributed by atoms with Gasteiger partial charge in [0.1, 0.15) is 0 Å². The lowest BCUT2D eigenvalue weighted by atomic mass is 10.2. The van der Waals surface area contributed by atoms with Gasteiger partial charge in [0, 0.05) is 3.57 Å². The van der Waals surface area contributed by atoms with E-state index in [0.29, 0.717) is 17.1 Å². The zero-order valence-electron chi connectivity index (χ0n) is 14.2. The maximum absolute atomic E-state index is 13.2. The second kappa shape index (κ2) is 8.16. The molecule has 0 fully saturated rings. The van der Waals surface area contributed by atoms with E-state index in [9.17, 15) is 8.42 Å². The first-order valence-electron chi connectivity index (χ1n) is 7.86. The summed E-state index contributed by atoms with van der Waals surface area (Å²) in [6.45, 7) is 6.32. The van der Waals surface area contributed by atoms with Crippen molar-refractivity contribution in [1.82, 2.24) is 0 Å². The van der Waals surface area contributed by atoms with Crippen molar-refractivity contribution in [3.8, 4) is 0 Å². The molecule has 0 N–H and O–H groups in total. The second-order valence-corrected chi connectivity index (χ2v) is 8.76. The summed E-state index contributed by atoms with van der Waals surface area (Å²) in [6.07, 6.45) is 2.95. The number of allylic oxidation sites excluding steroid dienone is 1. The molecule has 2 rings (SSSR count). The fourth-order valence-electron chi connectivity index (χ4n) is 2.43. The number of nitrogens with zero attached hydrogens (tertiary/aromatic N) is 1. The van der Waals surface area contributed by atoms with E-state index < -0.39 is 10.0 Å². The van der Waals surface area contributed by atoms with Crippen LogP contribution in [-0.4, -0.2) is 15.0 Å². The molecule has 2 aromatic rings. The number of halogens is 1. The second-order valence-electron chi connectivity index (χ2n) is 5.73. The predicted molar refractivity (Wildman–Crippen MR) is 109 cm³/mol. The molecular weight excluding hydrogens is 433 g/mol. The maximum atomic E-state index is 13.2. The van der Waals surface area contributed by atoms with Crippen molar-refractivity contribution < 1.29 is 8.42 Å². The zero-order chi connectivity index (χ0) is 17.7. The molecule has 0 aliphatic carbocycles. The van der Waals surface area contributed by atoms with Crippen molar-refractivity contribution in [2.24, 2.45) is 0 Å². The van der Waals surface area contributed by atoms with Crippen molar-refractivity contribution >= 4 is 38.3 Å². The first-order chi connectivity index (χ1) is 11.4. The van der Waals surface area contributed by atoms with Gasteiger partial charge in [-0.15, -0.1) is 0 Å². The topological polar surface area (TPSA) is 37.4 Å². The van der Waals surface area contributed by atoms with Crippen LogP contribution >= 0.6 is 22.6 Å². The quantitative estimate of drug-likeness (QED) is 0.446. The normalized spacial score (nSPS) is 12.2. The van der Waals surface area contributed by atoms with Gasteiger partial charge in [-0.3, -0.25) is 4.31 Å². The summed E-state index contributed by atoms with van der Waals surface area (Å²) in [5, 5.41) is 0. The number of hydrogen-bond acceptors (Lipinski definition) is 2. The van der Waals surface area contributed by atoms with Crippen LogP contribution in [0.2, 0.25) is 0 Å². The lowest BCUT2D eigenvalue weighted by Crippen LogP contribution is -2.33. The van der Waals surface area contributed by atoms with E-state index in [1.54, 1.807) is 12.1 Å². The van der Waals surface area contributed by atoms with Crippen LogP contribution in [0.4, 0.5) is 5.69 Å². The zero-order valence-corrected chi connectivity index (χ0v) is 17.1. The predicted octanol–water partition coefficient (Wildman–Crippen LogP) is 5.15. The molecule has 0 saturated heterocycles. The fourth-order valence-corrected chi connectivity index (χ4v) is 4.80. The molecule has 0 aliphatic heterocycles. The Hall–Kier alpha value is -1.34. The minimum absolute atomic E-state index is 0.317. The van der Waals surface area contributed by atoms with E-state index in [4.69, 9.17) is 0 Å². The molecular formula is C19H22INO2S. The van der Waals surface area contributed by atoms with Crippen molar-refractivity contribution in [1.29, 1.82) is 0 Å². The van der Waals surface area contributed by atoms with E-state index in [0.717, 1.165) is 21.1 Å². The van der Waals surface area contributed by atoms with Gasteiger partial charge in [-0.05, 0) is 67.1 Å². The van der Waals surface area contributed by atoms with Crippen LogP contribution in [0.15, 0.2) is 65.1 Å². The van der Waals surface area contributed by atoms with Crippen molar-refractivity contribution in [2.75, 3.05) is 10.8 Å². The number of aryl methyl sites for hydroxylation is 1. The SMILES string of the molecule is CC/C=C(\C)CN(c1ccccc1I)S(=O)(=O)c1ccc(C)cc1. The number of rotatable bonds is 6. The van der Waals surface area contributed by atoms with Gasteiger partial charge < -0.3 is 0 Å². The Morgan fingerprint density at radius 1 is 1.12 bits per heavy atom. The Labute approximate surface area is 158 Å². The smallest absolute Gasteiger partial charge is 0.261 e. The van der Waals surface area contributed by atoms with Crippen molar-refractivity contribution in [3.63, 3.8) is 0 Å². The Kier molecular flexibility index (Phi) is 6.46. The Balaban J connectivity index is 2.55. The molecule has 128 valence electrons. The van der Waals surface area contributed by atoms with E-state index in [1.165, 1.54) is 4.31 Å². The Bertz CT molecular complexity index is 827. The largest absolute Gasteiger partial charge is 0.264 e. The van der Waals surface area contributed by atoms with Crippen molar-refractivity contribution in [2.45, 2.75) is 32.1 Å². The highest BCUT2D eigenvalue weighted by Gasteiger charge is 2.26. The Morgan fingerprint density at radius 3 is 2.33 bits per heavy atom. The molecule has 3 nitrogen and oxygen atoms in total. The molecule has 24 heavy (non-hydrogen) atoms. The molecule has 0 aromatic heterocycles. The number of anilines is 1. The highest BCUT2D eigenvalue weighted by atomic mass is 127. The molecule has 0 amide bonds. The summed E-state index contributed by atoms with van der Waals surface area (Å²) in [6, 6.07) is 14.6. The molecule has 5 heteroatoms. The van der Waals surface area contributed by atoms with E-state index in [2.05, 4.69) is 35.6 Å². The standard InChI is InChI=1S/C19H22INO2S/c1-4-7-16(3)14-21(19-9-6-5-8-18(19)20)24(22,23)17-12-10-15(2)11-13-17/h5-13H,4,14H2,1-3H3/b16-7+. The van der Waals surface area contributed by atoms with Gasteiger partial charge in [-0.2, -0.15) is 0 Å². The van der Waals surface area contributed by atoms with Crippen LogP contribution in [-0.2, 0) is 10.0 Å². The Morgan fingerprint density at radius 2 is 1.75 bits per heavy atom. The van der Waals surface area contributed by atoms with E-state index in [1.807, 2.05) is 50.2 Å². The van der Waals surface area contributed by atoms with Crippen LogP contribution in [0.3, 0.4) is 0 Å².